The molecule has 2 atom stereocenters. The molecule has 0 fully saturated rings. The maximum Gasteiger partial charge on any atom is 0.410 e. The molecule has 12 nitrogen and oxygen atoms in total. The Kier molecular flexibility index (Phi) is 7.25. The number of ether oxygens (including phenoxy) is 1. The highest BCUT2D eigenvalue weighted by atomic mass is 32.1. The zero-order valence-corrected chi connectivity index (χ0v) is 21.5. The number of alkyl halides is 3. The summed E-state index contributed by atoms with van der Waals surface area (Å²) in [6.45, 7) is 0.172. The van der Waals surface area contributed by atoms with Gasteiger partial charge in [-0.15, -0.1) is 11.3 Å². The van der Waals surface area contributed by atoms with Crippen LogP contribution in [0.15, 0.2) is 59.3 Å². The number of hydrogen-bond donors (Lipinski definition) is 2. The number of halogens is 3. The quantitative estimate of drug-likeness (QED) is 0.179. The molecule has 2 N–H and O–H groups in total. The molecule has 0 radical (unpaired) electrons. The number of methoxy groups -OCH3 is 1. The van der Waals surface area contributed by atoms with Crippen molar-refractivity contribution in [1.29, 1.82) is 0 Å². The highest BCUT2D eigenvalue weighted by molar-refractivity contribution is 7.10. The van der Waals surface area contributed by atoms with Gasteiger partial charge < -0.3 is 10.1 Å². The van der Waals surface area contributed by atoms with Crippen LogP contribution < -0.4 is 15.5 Å². The third-order valence-corrected chi connectivity index (χ3v) is 7.14. The van der Waals surface area contributed by atoms with Crippen molar-refractivity contribution in [1.82, 2.24) is 25.0 Å². The van der Waals surface area contributed by atoms with Gasteiger partial charge in [0.1, 0.15) is 24.0 Å². The zero-order chi connectivity index (χ0) is 28.4. The van der Waals surface area contributed by atoms with E-state index in [-0.39, 0.29) is 30.2 Å². The number of nitrogens with zero attached hydrogens (tertiary/aromatic N) is 6. The molecule has 2 unspecified atom stereocenters. The number of carbonyl (C=O) groups excluding carboxylic acids is 1. The molecule has 208 valence electrons. The highest BCUT2D eigenvalue weighted by Gasteiger charge is 2.47. The number of nitro groups is 1. The normalized spacial score (nSPS) is 16.9. The molecule has 1 aliphatic heterocycles. The van der Waals surface area contributed by atoms with E-state index in [9.17, 15) is 28.1 Å². The zero-order valence-electron chi connectivity index (χ0n) is 20.7. The Morgan fingerprint density at radius 3 is 2.88 bits per heavy atom. The number of benzene rings is 1. The number of hydrogen-bond acceptors (Lipinski definition) is 9. The average Bonchev–Trinajstić information content (AvgIpc) is 3.68. The number of carbonyl (C=O) groups is 1. The fraction of sp³-hybridized carbons (Fsp3) is 0.250. The van der Waals surface area contributed by atoms with Crippen molar-refractivity contribution in [3.63, 3.8) is 0 Å². The van der Waals surface area contributed by atoms with Crippen molar-refractivity contribution < 1.29 is 27.6 Å². The van der Waals surface area contributed by atoms with Gasteiger partial charge in [-0.25, -0.2) is 10.1 Å². The van der Waals surface area contributed by atoms with Crippen LogP contribution in [0, 0.1) is 10.1 Å². The van der Waals surface area contributed by atoms with Gasteiger partial charge in [-0.05, 0) is 35.2 Å². The summed E-state index contributed by atoms with van der Waals surface area (Å²) in [4.78, 5) is 23.8. The van der Waals surface area contributed by atoms with Crippen LogP contribution in [0.5, 0.6) is 5.75 Å². The molecule has 0 spiro atoms. The van der Waals surface area contributed by atoms with Crippen molar-refractivity contribution in [2.45, 2.75) is 31.2 Å². The maximum atomic E-state index is 13.8. The summed E-state index contributed by atoms with van der Waals surface area (Å²) < 4.78 is 49.0. The molecule has 16 heteroatoms. The third-order valence-electron chi connectivity index (χ3n) is 6.16. The van der Waals surface area contributed by atoms with Crippen LogP contribution in [0.1, 0.15) is 45.0 Å². The molecule has 1 amide bonds. The molecule has 1 aromatic carbocycles. The Morgan fingerprint density at radius 2 is 2.20 bits per heavy atom. The van der Waals surface area contributed by atoms with E-state index in [0.29, 0.717) is 16.9 Å². The van der Waals surface area contributed by atoms with Crippen molar-refractivity contribution >= 4 is 35.0 Å². The first-order valence-corrected chi connectivity index (χ1v) is 12.6. The van der Waals surface area contributed by atoms with Gasteiger partial charge in [-0.2, -0.15) is 28.5 Å². The molecule has 3 aromatic heterocycles. The standard InChI is InChI=1S/C24H21F3N8O4S/c1-39-19-5-4-14(7-15(19)12-33-13-16(11-29-33)35(37)38)10-28-31-23(36)18-9-22-30-17(20-3-2-6-40-20)8-21(24(25,26)27)34(22)32-18/h2-7,9-11,13,17,21,30H,8,12H2,1H3,(H,31,36)/b28-10+. The lowest BCUT2D eigenvalue weighted by Gasteiger charge is -2.32. The van der Waals surface area contributed by atoms with Gasteiger partial charge in [0.05, 0.1) is 30.8 Å². The van der Waals surface area contributed by atoms with Crippen LogP contribution in [-0.4, -0.2) is 49.9 Å². The van der Waals surface area contributed by atoms with Crippen LogP contribution in [0.4, 0.5) is 24.7 Å². The number of nitrogens with one attached hydrogen (secondary N) is 2. The number of rotatable bonds is 8. The summed E-state index contributed by atoms with van der Waals surface area (Å²) in [6.07, 6.45) is -1.06. The Bertz CT molecular complexity index is 1560. The number of amides is 1. The summed E-state index contributed by atoms with van der Waals surface area (Å²) in [5.74, 6) is -0.193. The van der Waals surface area contributed by atoms with Gasteiger partial charge in [-0.1, -0.05) is 6.07 Å². The van der Waals surface area contributed by atoms with Crippen molar-refractivity contribution in [2.75, 3.05) is 12.4 Å². The van der Waals surface area contributed by atoms with Crippen molar-refractivity contribution in [2.24, 2.45) is 5.10 Å². The summed E-state index contributed by atoms with van der Waals surface area (Å²) in [5.41, 5.74) is 3.10. The van der Waals surface area contributed by atoms with Gasteiger partial charge in [0.25, 0.3) is 5.91 Å². The Balaban J connectivity index is 1.30. The molecule has 0 saturated heterocycles. The van der Waals surface area contributed by atoms with Crippen molar-refractivity contribution in [3.8, 4) is 5.75 Å². The minimum absolute atomic E-state index is 0.0831. The first-order valence-electron chi connectivity index (χ1n) is 11.8. The number of aromatic nitrogens is 4. The number of hydrazone groups is 1. The molecule has 0 aliphatic carbocycles. The molecule has 5 rings (SSSR count). The number of fused-ring (bicyclic) bond motifs is 1. The fourth-order valence-corrected chi connectivity index (χ4v) is 5.08. The predicted octanol–water partition coefficient (Wildman–Crippen LogP) is 4.53. The van der Waals surface area contributed by atoms with E-state index in [2.05, 4.69) is 26.0 Å². The molecule has 4 aromatic rings. The van der Waals surface area contributed by atoms with Gasteiger partial charge in [-0.3, -0.25) is 19.6 Å². The SMILES string of the molecule is COc1ccc(/C=N/NC(=O)c2cc3n(n2)C(C(F)(F)F)CC(c2cccs2)N3)cc1Cn1cc([N+](=O)[O-])cn1. The largest absolute Gasteiger partial charge is 0.496 e. The first kappa shape index (κ1) is 26.9. The molecular weight excluding hydrogens is 553 g/mol. The predicted molar refractivity (Wildman–Crippen MR) is 139 cm³/mol. The van der Waals surface area contributed by atoms with E-state index in [4.69, 9.17) is 4.74 Å². The average molecular weight is 575 g/mol. The lowest BCUT2D eigenvalue weighted by Crippen LogP contribution is -2.35. The Hall–Kier alpha value is -4.73. The topological polar surface area (TPSA) is 142 Å². The summed E-state index contributed by atoms with van der Waals surface area (Å²) in [7, 11) is 1.48. The molecule has 1 aliphatic rings. The van der Waals surface area contributed by atoms with Crippen LogP contribution in [-0.2, 0) is 6.54 Å². The molecular formula is C24H21F3N8O4S. The van der Waals surface area contributed by atoms with Gasteiger partial charge in [0, 0.05) is 22.9 Å². The molecule has 40 heavy (non-hydrogen) atoms. The van der Waals surface area contributed by atoms with E-state index >= 15 is 0 Å². The second-order valence-electron chi connectivity index (χ2n) is 8.79. The van der Waals surface area contributed by atoms with E-state index < -0.39 is 29.1 Å². The molecule has 4 heterocycles. The highest BCUT2D eigenvalue weighted by Crippen LogP contribution is 2.44. The maximum absolute atomic E-state index is 13.8. The summed E-state index contributed by atoms with van der Waals surface area (Å²) >= 11 is 1.35. The van der Waals surface area contributed by atoms with E-state index in [1.165, 1.54) is 41.6 Å². The second-order valence-corrected chi connectivity index (χ2v) is 9.77. The lowest BCUT2D eigenvalue weighted by atomic mass is 10.0. The number of thiophene rings is 1. The monoisotopic (exact) mass is 574 g/mol. The minimum atomic E-state index is -4.56. The van der Waals surface area contributed by atoms with E-state index in [1.54, 1.807) is 35.7 Å². The van der Waals surface area contributed by atoms with Gasteiger partial charge >= 0.3 is 11.9 Å². The van der Waals surface area contributed by atoms with Crippen LogP contribution in [0.3, 0.4) is 0 Å². The van der Waals surface area contributed by atoms with Crippen LogP contribution in [0.2, 0.25) is 0 Å². The van der Waals surface area contributed by atoms with Gasteiger partial charge in [0.2, 0.25) is 0 Å². The summed E-state index contributed by atoms with van der Waals surface area (Å²) in [5, 5.41) is 27.5. The fourth-order valence-electron chi connectivity index (χ4n) is 4.29. The molecule has 0 saturated carbocycles. The molecule has 0 bridgehead atoms. The van der Waals surface area contributed by atoms with Gasteiger partial charge in [0.15, 0.2) is 11.7 Å². The summed E-state index contributed by atoms with van der Waals surface area (Å²) in [6, 6.07) is 7.35. The number of anilines is 1. The van der Waals surface area contributed by atoms with Crippen LogP contribution in [0.25, 0.3) is 0 Å². The Morgan fingerprint density at radius 1 is 1.38 bits per heavy atom. The second kappa shape index (κ2) is 10.8. The Labute approximate surface area is 228 Å². The van der Waals surface area contributed by atoms with E-state index in [0.717, 1.165) is 15.8 Å². The smallest absolute Gasteiger partial charge is 0.410 e. The minimum Gasteiger partial charge on any atom is -0.496 e. The van der Waals surface area contributed by atoms with Crippen LogP contribution >= 0.6 is 11.3 Å². The first-order chi connectivity index (χ1) is 19.1. The lowest BCUT2D eigenvalue weighted by molar-refractivity contribution is -0.385. The third kappa shape index (κ3) is 5.66. The van der Waals surface area contributed by atoms with Crippen molar-refractivity contribution in [3.05, 3.63) is 86.0 Å². The van der Waals surface area contributed by atoms with E-state index in [1.807, 2.05) is 0 Å².